The monoisotopic (exact) mass is 394 g/mol. The number of anilines is 1. The molecule has 1 aliphatic carbocycles. The number of nitrogens with one attached hydrogen (secondary N) is 1. The molecule has 1 heterocycles. The molecule has 0 radical (unpaired) electrons. The van der Waals surface area contributed by atoms with Crippen molar-refractivity contribution in [2.45, 2.75) is 65.8 Å². The van der Waals surface area contributed by atoms with E-state index in [2.05, 4.69) is 37.3 Å². The Morgan fingerprint density at radius 3 is 2.69 bits per heavy atom. The maximum absolute atomic E-state index is 12.8. The fraction of sp³-hybridized carbons (Fsp3) is 0.522. The smallest absolute Gasteiger partial charge is 0.259 e. The average Bonchev–Trinajstić information content (AvgIpc) is 3.08. The van der Waals surface area contributed by atoms with E-state index >= 15 is 0 Å². The van der Waals surface area contributed by atoms with E-state index in [1.54, 1.807) is 24.4 Å². The van der Waals surface area contributed by atoms with Gasteiger partial charge in [-0.3, -0.25) is 9.48 Å². The van der Waals surface area contributed by atoms with Crippen molar-refractivity contribution in [3.63, 3.8) is 0 Å². The first-order valence-electron chi connectivity index (χ1n) is 10.3. The molecule has 0 saturated heterocycles. The second-order valence-electron chi connectivity index (χ2n) is 9.01. The van der Waals surface area contributed by atoms with Crippen LogP contribution >= 0.6 is 0 Å². The standard InChI is InChI=1S/C23H30N4O2/c1-16-20(14-25-27(16)19-8-6-5-7-9-19)22(28)26-18-10-11-21(17(12-18)13-24)29-15-23(2,3)4/h10-12,14,19H,5-9,15H2,1-4H3,(H,26,28). The number of rotatable bonds is 5. The van der Waals surface area contributed by atoms with Crippen LogP contribution in [-0.2, 0) is 0 Å². The first-order chi connectivity index (χ1) is 13.8. The van der Waals surface area contributed by atoms with Crippen molar-refractivity contribution in [3.05, 3.63) is 41.2 Å². The van der Waals surface area contributed by atoms with Gasteiger partial charge in [0, 0.05) is 11.4 Å². The highest BCUT2D eigenvalue weighted by Crippen LogP contribution is 2.30. The predicted octanol–water partition coefficient (Wildman–Crippen LogP) is 5.25. The normalized spacial score (nSPS) is 15.0. The van der Waals surface area contributed by atoms with Gasteiger partial charge in [-0.25, -0.2) is 0 Å². The second kappa shape index (κ2) is 8.69. The molecule has 0 aliphatic heterocycles. The lowest BCUT2D eigenvalue weighted by molar-refractivity contribution is 0.102. The number of ether oxygens (including phenoxy) is 1. The summed E-state index contributed by atoms with van der Waals surface area (Å²) in [4.78, 5) is 12.8. The summed E-state index contributed by atoms with van der Waals surface area (Å²) in [7, 11) is 0. The minimum absolute atomic E-state index is 0.00434. The number of amides is 1. The predicted molar refractivity (Wildman–Crippen MR) is 113 cm³/mol. The van der Waals surface area contributed by atoms with E-state index in [0.717, 1.165) is 18.5 Å². The Hall–Kier alpha value is -2.81. The Labute approximate surface area is 172 Å². The van der Waals surface area contributed by atoms with Crippen LogP contribution in [0, 0.1) is 23.7 Å². The third kappa shape index (κ3) is 5.17. The Kier molecular flexibility index (Phi) is 6.26. The van der Waals surface area contributed by atoms with E-state index < -0.39 is 0 Å². The minimum atomic E-state index is -0.211. The topological polar surface area (TPSA) is 79.9 Å². The number of carbonyl (C=O) groups is 1. The zero-order chi connectivity index (χ0) is 21.0. The molecule has 29 heavy (non-hydrogen) atoms. The van der Waals surface area contributed by atoms with Gasteiger partial charge in [-0.05, 0) is 43.4 Å². The molecular weight excluding hydrogens is 364 g/mol. The van der Waals surface area contributed by atoms with Crippen molar-refractivity contribution in [1.29, 1.82) is 5.26 Å². The minimum Gasteiger partial charge on any atom is -0.492 e. The molecule has 0 atom stereocenters. The molecule has 1 fully saturated rings. The Morgan fingerprint density at radius 1 is 1.31 bits per heavy atom. The molecule has 1 aromatic heterocycles. The Bertz CT molecular complexity index is 912. The van der Waals surface area contributed by atoms with E-state index in [9.17, 15) is 10.1 Å². The van der Waals surface area contributed by atoms with E-state index in [1.165, 1.54) is 19.3 Å². The van der Waals surface area contributed by atoms with Crippen LogP contribution in [0.3, 0.4) is 0 Å². The summed E-state index contributed by atoms with van der Waals surface area (Å²) in [6.07, 6.45) is 7.58. The van der Waals surface area contributed by atoms with E-state index in [1.807, 2.05) is 11.6 Å². The summed E-state index contributed by atoms with van der Waals surface area (Å²) in [5, 5.41) is 16.8. The van der Waals surface area contributed by atoms with Gasteiger partial charge < -0.3 is 10.1 Å². The fourth-order valence-electron chi connectivity index (χ4n) is 3.65. The van der Waals surface area contributed by atoms with Crippen molar-refractivity contribution in [3.8, 4) is 11.8 Å². The van der Waals surface area contributed by atoms with E-state index in [0.29, 0.717) is 35.2 Å². The number of hydrogen-bond donors (Lipinski definition) is 1. The number of benzene rings is 1. The quantitative estimate of drug-likeness (QED) is 0.751. The molecule has 1 amide bonds. The van der Waals surface area contributed by atoms with E-state index in [-0.39, 0.29) is 11.3 Å². The van der Waals surface area contributed by atoms with Gasteiger partial charge in [0.25, 0.3) is 5.91 Å². The summed E-state index contributed by atoms with van der Waals surface area (Å²) >= 11 is 0. The number of aromatic nitrogens is 2. The highest BCUT2D eigenvalue weighted by molar-refractivity contribution is 6.05. The van der Waals surface area contributed by atoms with Crippen LogP contribution in [0.25, 0.3) is 0 Å². The van der Waals surface area contributed by atoms with Crippen LogP contribution in [0.1, 0.15) is 80.5 Å². The maximum atomic E-state index is 12.8. The van der Waals surface area contributed by atoms with Gasteiger partial charge in [-0.1, -0.05) is 40.0 Å². The SMILES string of the molecule is Cc1c(C(=O)Nc2ccc(OCC(C)(C)C)c(C#N)c2)cnn1C1CCCCC1. The number of nitriles is 1. The van der Waals surface area contributed by atoms with Crippen LogP contribution < -0.4 is 10.1 Å². The van der Waals surface area contributed by atoms with Crippen LogP contribution in [0.5, 0.6) is 5.75 Å². The number of hydrogen-bond acceptors (Lipinski definition) is 4. The summed E-state index contributed by atoms with van der Waals surface area (Å²) in [6, 6.07) is 7.68. The van der Waals surface area contributed by atoms with Gasteiger partial charge >= 0.3 is 0 Å². The fourth-order valence-corrected chi connectivity index (χ4v) is 3.65. The average molecular weight is 395 g/mol. The molecule has 2 aromatic rings. The molecule has 1 aromatic carbocycles. The highest BCUT2D eigenvalue weighted by atomic mass is 16.5. The third-order valence-electron chi connectivity index (χ3n) is 5.23. The third-order valence-corrected chi connectivity index (χ3v) is 5.23. The van der Waals surface area contributed by atoms with Crippen LogP contribution in [0.15, 0.2) is 24.4 Å². The zero-order valence-electron chi connectivity index (χ0n) is 17.8. The molecular formula is C23H30N4O2. The summed E-state index contributed by atoms with van der Waals surface area (Å²) in [6.45, 7) is 8.67. The van der Waals surface area contributed by atoms with Gasteiger partial charge in [0.1, 0.15) is 11.8 Å². The molecule has 0 unspecified atom stereocenters. The van der Waals surface area contributed by atoms with Crippen molar-refractivity contribution in [1.82, 2.24) is 9.78 Å². The van der Waals surface area contributed by atoms with Crippen LogP contribution in [-0.4, -0.2) is 22.3 Å². The summed E-state index contributed by atoms with van der Waals surface area (Å²) in [5.41, 5.74) is 2.43. The van der Waals surface area contributed by atoms with Crippen molar-refractivity contribution in [2.24, 2.45) is 5.41 Å². The van der Waals surface area contributed by atoms with Gasteiger partial charge in [-0.15, -0.1) is 0 Å². The van der Waals surface area contributed by atoms with Crippen molar-refractivity contribution >= 4 is 11.6 Å². The molecule has 0 bridgehead atoms. The largest absolute Gasteiger partial charge is 0.492 e. The molecule has 1 N–H and O–H groups in total. The number of carbonyl (C=O) groups excluding carboxylic acids is 1. The van der Waals surface area contributed by atoms with E-state index in [4.69, 9.17) is 4.74 Å². The van der Waals surface area contributed by atoms with Crippen LogP contribution in [0.4, 0.5) is 5.69 Å². The second-order valence-corrected chi connectivity index (χ2v) is 9.01. The first kappa shape index (κ1) is 20.9. The van der Waals surface area contributed by atoms with Crippen molar-refractivity contribution < 1.29 is 9.53 Å². The molecule has 1 saturated carbocycles. The molecule has 6 nitrogen and oxygen atoms in total. The molecule has 154 valence electrons. The Balaban J connectivity index is 1.72. The van der Waals surface area contributed by atoms with Gasteiger partial charge in [0.05, 0.1) is 30.0 Å². The lowest BCUT2D eigenvalue weighted by atomic mass is 9.95. The Morgan fingerprint density at radius 2 is 2.03 bits per heavy atom. The van der Waals surface area contributed by atoms with Crippen molar-refractivity contribution in [2.75, 3.05) is 11.9 Å². The maximum Gasteiger partial charge on any atom is 0.259 e. The molecule has 6 heteroatoms. The lowest BCUT2D eigenvalue weighted by Crippen LogP contribution is -2.18. The van der Waals surface area contributed by atoms with Gasteiger partial charge in [-0.2, -0.15) is 10.4 Å². The van der Waals surface area contributed by atoms with Gasteiger partial charge in [0.2, 0.25) is 0 Å². The summed E-state index contributed by atoms with van der Waals surface area (Å²) in [5.74, 6) is 0.318. The van der Waals surface area contributed by atoms with Crippen LogP contribution in [0.2, 0.25) is 0 Å². The first-order valence-corrected chi connectivity index (χ1v) is 10.3. The molecule has 3 rings (SSSR count). The lowest BCUT2D eigenvalue weighted by Gasteiger charge is -2.23. The van der Waals surface area contributed by atoms with Gasteiger partial charge in [0.15, 0.2) is 0 Å². The number of nitrogens with zero attached hydrogens (tertiary/aromatic N) is 3. The zero-order valence-corrected chi connectivity index (χ0v) is 17.8. The molecule has 0 spiro atoms. The highest BCUT2D eigenvalue weighted by Gasteiger charge is 2.22. The molecule has 1 aliphatic rings. The summed E-state index contributed by atoms with van der Waals surface area (Å²) < 4.78 is 7.78.